The molecule has 1 aliphatic heterocycles. The van der Waals surface area contributed by atoms with Gasteiger partial charge in [0.25, 0.3) is 0 Å². The molecule has 2 aliphatic rings. The Hall–Kier alpha value is -0.600. The van der Waals surface area contributed by atoms with E-state index in [2.05, 4.69) is 33.4 Å². The van der Waals surface area contributed by atoms with Gasteiger partial charge in [-0.2, -0.15) is 0 Å². The molecule has 90 valence electrons. The molecule has 0 aromatic rings. The van der Waals surface area contributed by atoms with Crippen LogP contribution in [0.1, 0.15) is 40.0 Å². The van der Waals surface area contributed by atoms with Crippen molar-refractivity contribution in [3.8, 4) is 0 Å². The van der Waals surface area contributed by atoms with E-state index in [0.717, 1.165) is 25.9 Å². The van der Waals surface area contributed by atoms with E-state index in [1.54, 1.807) is 0 Å². The van der Waals surface area contributed by atoms with E-state index in [1.807, 2.05) is 0 Å². The third-order valence-electron chi connectivity index (χ3n) is 3.84. The summed E-state index contributed by atoms with van der Waals surface area (Å²) < 4.78 is 12.0. The Morgan fingerprint density at radius 3 is 2.94 bits per heavy atom. The quantitative estimate of drug-likeness (QED) is 0.666. The lowest BCUT2D eigenvalue weighted by atomic mass is 9.82. The largest absolute Gasteiger partial charge is 0.343 e. The number of ether oxygens (including phenoxy) is 2. The van der Waals surface area contributed by atoms with Gasteiger partial charge >= 0.3 is 0 Å². The summed E-state index contributed by atoms with van der Waals surface area (Å²) in [5, 5.41) is 0. The monoisotopic (exact) mass is 222 g/mol. The van der Waals surface area contributed by atoms with Gasteiger partial charge in [-0.1, -0.05) is 25.2 Å². The summed E-state index contributed by atoms with van der Waals surface area (Å²) in [4.78, 5) is 0. The zero-order valence-corrected chi connectivity index (χ0v) is 10.6. The van der Waals surface area contributed by atoms with Crippen LogP contribution in [0.15, 0.2) is 23.8 Å². The second-order valence-corrected chi connectivity index (χ2v) is 5.08. The molecule has 1 spiro atoms. The molecule has 1 fully saturated rings. The average molecular weight is 222 g/mol. The van der Waals surface area contributed by atoms with E-state index in [0.29, 0.717) is 5.92 Å². The van der Waals surface area contributed by atoms with Crippen LogP contribution < -0.4 is 0 Å². The fraction of sp³-hybridized carbons (Fsp3) is 0.714. The van der Waals surface area contributed by atoms with Gasteiger partial charge < -0.3 is 9.47 Å². The summed E-state index contributed by atoms with van der Waals surface area (Å²) in [5.41, 5.74) is 2.47. The number of allylic oxidation sites excluding steroid dienone is 2. The Balaban J connectivity index is 2.17. The molecule has 2 heteroatoms. The van der Waals surface area contributed by atoms with Crippen molar-refractivity contribution in [2.45, 2.75) is 51.9 Å². The van der Waals surface area contributed by atoms with Crippen LogP contribution >= 0.6 is 0 Å². The van der Waals surface area contributed by atoms with Crippen LogP contribution in [-0.2, 0) is 9.47 Å². The second kappa shape index (κ2) is 4.34. The minimum absolute atomic E-state index is 0.257. The van der Waals surface area contributed by atoms with Gasteiger partial charge in [-0.05, 0) is 38.2 Å². The Morgan fingerprint density at radius 2 is 2.38 bits per heavy atom. The number of rotatable bonds is 2. The smallest absolute Gasteiger partial charge is 0.191 e. The summed E-state index contributed by atoms with van der Waals surface area (Å²) in [7, 11) is 0. The highest BCUT2D eigenvalue weighted by Crippen LogP contribution is 2.43. The van der Waals surface area contributed by atoms with Gasteiger partial charge in [0.1, 0.15) is 0 Å². The van der Waals surface area contributed by atoms with Crippen molar-refractivity contribution in [1.82, 2.24) is 0 Å². The minimum atomic E-state index is -0.442. The molecule has 0 saturated carbocycles. The summed E-state index contributed by atoms with van der Waals surface area (Å²) >= 11 is 0. The van der Waals surface area contributed by atoms with Gasteiger partial charge in [-0.15, -0.1) is 0 Å². The molecule has 0 aromatic heterocycles. The first-order chi connectivity index (χ1) is 7.57. The molecule has 0 radical (unpaired) electrons. The molecule has 2 nitrogen and oxygen atoms in total. The molecular weight excluding hydrogens is 200 g/mol. The maximum atomic E-state index is 6.10. The van der Waals surface area contributed by atoms with Crippen LogP contribution in [0.3, 0.4) is 0 Å². The predicted molar refractivity (Wildman–Crippen MR) is 65.1 cm³/mol. The van der Waals surface area contributed by atoms with Gasteiger partial charge in [-0.25, -0.2) is 0 Å². The van der Waals surface area contributed by atoms with E-state index in [-0.39, 0.29) is 6.10 Å². The Labute approximate surface area is 98.3 Å². The first-order valence-electron chi connectivity index (χ1n) is 6.22. The zero-order valence-electron chi connectivity index (χ0n) is 10.6. The van der Waals surface area contributed by atoms with Crippen LogP contribution in [-0.4, -0.2) is 18.5 Å². The minimum Gasteiger partial charge on any atom is -0.343 e. The normalized spacial score (nSPS) is 38.8. The van der Waals surface area contributed by atoms with Crippen molar-refractivity contribution in [1.29, 1.82) is 0 Å². The highest BCUT2D eigenvalue weighted by atomic mass is 16.7. The lowest BCUT2D eigenvalue weighted by Gasteiger charge is -2.36. The highest BCUT2D eigenvalue weighted by Gasteiger charge is 2.45. The first-order valence-corrected chi connectivity index (χ1v) is 6.22. The lowest BCUT2D eigenvalue weighted by Crippen LogP contribution is -2.37. The fourth-order valence-corrected chi connectivity index (χ4v) is 2.50. The van der Waals surface area contributed by atoms with Gasteiger partial charge in [0.05, 0.1) is 12.7 Å². The maximum Gasteiger partial charge on any atom is 0.191 e. The van der Waals surface area contributed by atoms with E-state index in [1.165, 1.54) is 11.1 Å². The Morgan fingerprint density at radius 1 is 1.62 bits per heavy atom. The predicted octanol–water partition coefficient (Wildman–Crippen LogP) is 3.44. The Kier molecular flexibility index (Phi) is 3.22. The van der Waals surface area contributed by atoms with Gasteiger partial charge in [0.15, 0.2) is 5.79 Å². The fourth-order valence-electron chi connectivity index (χ4n) is 2.50. The molecule has 0 aromatic carbocycles. The lowest BCUT2D eigenvalue weighted by molar-refractivity contribution is -0.152. The molecule has 1 heterocycles. The van der Waals surface area contributed by atoms with Crippen LogP contribution in [0.5, 0.6) is 0 Å². The van der Waals surface area contributed by atoms with Crippen molar-refractivity contribution >= 4 is 0 Å². The van der Waals surface area contributed by atoms with Crippen molar-refractivity contribution < 1.29 is 9.47 Å². The zero-order chi connectivity index (χ0) is 11.8. The van der Waals surface area contributed by atoms with Crippen LogP contribution in [0.4, 0.5) is 0 Å². The number of hydrogen-bond donors (Lipinski definition) is 0. The molecule has 16 heavy (non-hydrogen) atoms. The van der Waals surface area contributed by atoms with Crippen molar-refractivity contribution in [2.75, 3.05) is 6.61 Å². The van der Waals surface area contributed by atoms with E-state index in [9.17, 15) is 0 Å². The second-order valence-electron chi connectivity index (χ2n) is 5.08. The topological polar surface area (TPSA) is 18.5 Å². The summed E-state index contributed by atoms with van der Waals surface area (Å²) in [6, 6.07) is 0. The molecule has 0 N–H and O–H groups in total. The van der Waals surface area contributed by atoms with E-state index in [4.69, 9.17) is 9.47 Å². The molecule has 0 amide bonds. The van der Waals surface area contributed by atoms with Crippen LogP contribution in [0.2, 0.25) is 0 Å². The molecule has 2 rings (SSSR count). The SMILES string of the molecule is C=C(C)C1CC=C(C)C2(C1)OCC(CC)O2. The van der Waals surface area contributed by atoms with Gasteiger partial charge in [0.2, 0.25) is 0 Å². The maximum absolute atomic E-state index is 6.10. The average Bonchev–Trinajstić information content (AvgIpc) is 2.67. The summed E-state index contributed by atoms with van der Waals surface area (Å²) in [6.07, 6.45) is 5.54. The van der Waals surface area contributed by atoms with Crippen molar-refractivity contribution in [3.63, 3.8) is 0 Å². The standard InChI is InChI=1S/C14H22O2/c1-5-13-9-15-14(16-13)8-12(10(2)3)7-6-11(14)4/h6,12-13H,2,5,7-9H2,1,3-4H3. The first kappa shape index (κ1) is 11.9. The molecule has 1 saturated heterocycles. The highest BCUT2D eigenvalue weighted by molar-refractivity contribution is 5.20. The van der Waals surface area contributed by atoms with E-state index >= 15 is 0 Å². The van der Waals surface area contributed by atoms with E-state index < -0.39 is 5.79 Å². The molecule has 3 atom stereocenters. The number of hydrogen-bond acceptors (Lipinski definition) is 2. The van der Waals surface area contributed by atoms with Gasteiger partial charge in [-0.3, -0.25) is 0 Å². The van der Waals surface area contributed by atoms with Gasteiger partial charge in [0, 0.05) is 6.42 Å². The van der Waals surface area contributed by atoms with Crippen LogP contribution in [0, 0.1) is 5.92 Å². The third-order valence-corrected chi connectivity index (χ3v) is 3.84. The third kappa shape index (κ3) is 1.96. The molecular formula is C14H22O2. The molecule has 0 bridgehead atoms. The van der Waals surface area contributed by atoms with Crippen molar-refractivity contribution in [3.05, 3.63) is 23.8 Å². The Bertz CT molecular complexity index is 319. The van der Waals surface area contributed by atoms with Crippen molar-refractivity contribution in [2.24, 2.45) is 5.92 Å². The van der Waals surface area contributed by atoms with Crippen LogP contribution in [0.25, 0.3) is 0 Å². The molecule has 1 aliphatic carbocycles. The molecule has 3 unspecified atom stereocenters. The summed E-state index contributed by atoms with van der Waals surface area (Å²) in [6.45, 7) is 11.1. The summed E-state index contributed by atoms with van der Waals surface area (Å²) in [5.74, 6) is 0.0574.